The van der Waals surface area contributed by atoms with Crippen LogP contribution in [0.5, 0.6) is 0 Å². The number of carbonyl (C=O) groups is 2. The minimum Gasteiger partial charge on any atom is -0.383 e. The second-order valence-corrected chi connectivity index (χ2v) is 4.33. The zero-order valence-corrected chi connectivity index (χ0v) is 11.0. The quantitative estimate of drug-likeness (QED) is 0.747. The first-order chi connectivity index (χ1) is 9.13. The van der Waals surface area contributed by atoms with E-state index in [1.54, 1.807) is 24.9 Å². The van der Waals surface area contributed by atoms with E-state index in [1.165, 1.54) is 4.90 Å². The van der Waals surface area contributed by atoms with Gasteiger partial charge in [0.1, 0.15) is 6.04 Å². The van der Waals surface area contributed by atoms with Gasteiger partial charge in [0.25, 0.3) is 5.91 Å². The van der Waals surface area contributed by atoms with Gasteiger partial charge in [0.15, 0.2) is 5.69 Å². The molecular weight excluding hydrogens is 250 g/mol. The van der Waals surface area contributed by atoms with Crippen molar-refractivity contribution < 1.29 is 14.3 Å². The van der Waals surface area contributed by atoms with Crippen LogP contribution >= 0.6 is 0 Å². The number of methoxy groups -OCH3 is 1. The molecule has 8 nitrogen and oxygen atoms in total. The number of rotatable bonds is 4. The average Bonchev–Trinajstić information content (AvgIpc) is 2.87. The highest BCUT2D eigenvalue weighted by atomic mass is 16.5. The van der Waals surface area contributed by atoms with Gasteiger partial charge in [0, 0.05) is 20.2 Å². The molecule has 2 amide bonds. The van der Waals surface area contributed by atoms with Crippen molar-refractivity contribution in [1.29, 1.82) is 0 Å². The van der Waals surface area contributed by atoms with Gasteiger partial charge in [-0.05, 0) is 6.92 Å². The summed E-state index contributed by atoms with van der Waals surface area (Å²) in [7, 11) is 1.59. The van der Waals surface area contributed by atoms with Crippen LogP contribution in [-0.2, 0) is 16.1 Å². The van der Waals surface area contributed by atoms with E-state index >= 15 is 0 Å². The van der Waals surface area contributed by atoms with Crippen molar-refractivity contribution in [3.8, 4) is 0 Å². The Hall–Kier alpha value is -1.96. The van der Waals surface area contributed by atoms with Gasteiger partial charge >= 0.3 is 0 Å². The third-order valence-corrected chi connectivity index (χ3v) is 3.04. The summed E-state index contributed by atoms with van der Waals surface area (Å²) in [5, 5.41) is 10.4. The van der Waals surface area contributed by atoms with E-state index in [2.05, 4.69) is 15.6 Å². The fraction of sp³-hybridized carbons (Fsp3) is 0.636. The average molecular weight is 267 g/mol. The van der Waals surface area contributed by atoms with Crippen LogP contribution < -0.4 is 5.32 Å². The van der Waals surface area contributed by atoms with E-state index in [0.29, 0.717) is 26.2 Å². The number of carbonyl (C=O) groups excluding carboxylic acids is 2. The summed E-state index contributed by atoms with van der Waals surface area (Å²) in [5.41, 5.74) is 0.248. The Morgan fingerprint density at radius 3 is 3.16 bits per heavy atom. The molecular formula is C11H17N5O3. The van der Waals surface area contributed by atoms with E-state index in [4.69, 9.17) is 4.74 Å². The van der Waals surface area contributed by atoms with Crippen molar-refractivity contribution in [2.75, 3.05) is 26.8 Å². The van der Waals surface area contributed by atoms with Crippen molar-refractivity contribution in [2.24, 2.45) is 0 Å². The Bertz CT molecular complexity index is 473. The van der Waals surface area contributed by atoms with E-state index in [9.17, 15) is 9.59 Å². The molecule has 1 atom stereocenters. The standard InChI is InChI=1S/C11H17N5O3/c1-8-10(17)12-3-4-16(8)11(18)9-7-15(14-13-9)5-6-19-2/h7-8H,3-6H2,1-2H3,(H,12,17). The molecule has 1 aromatic rings. The number of hydrogen-bond acceptors (Lipinski definition) is 5. The summed E-state index contributed by atoms with van der Waals surface area (Å²) in [6.45, 7) is 3.68. The molecule has 1 fully saturated rings. The van der Waals surface area contributed by atoms with Crippen LogP contribution in [0.3, 0.4) is 0 Å². The second kappa shape index (κ2) is 5.79. The van der Waals surface area contributed by atoms with Gasteiger partial charge in [-0.25, -0.2) is 4.68 Å². The summed E-state index contributed by atoms with van der Waals surface area (Å²) in [4.78, 5) is 25.3. The van der Waals surface area contributed by atoms with Crippen molar-refractivity contribution in [3.05, 3.63) is 11.9 Å². The van der Waals surface area contributed by atoms with Gasteiger partial charge in [0.2, 0.25) is 5.91 Å². The highest BCUT2D eigenvalue weighted by molar-refractivity contribution is 5.96. The third kappa shape index (κ3) is 2.90. The Morgan fingerprint density at radius 1 is 1.63 bits per heavy atom. The lowest BCUT2D eigenvalue weighted by Gasteiger charge is -2.32. The molecule has 1 saturated heterocycles. The molecule has 1 N–H and O–H groups in total. The molecule has 19 heavy (non-hydrogen) atoms. The summed E-state index contributed by atoms with van der Waals surface area (Å²) >= 11 is 0. The Morgan fingerprint density at radius 2 is 2.42 bits per heavy atom. The number of ether oxygens (including phenoxy) is 1. The molecule has 1 aromatic heterocycles. The first-order valence-electron chi connectivity index (χ1n) is 6.11. The first kappa shape index (κ1) is 13.5. The van der Waals surface area contributed by atoms with Crippen molar-refractivity contribution >= 4 is 11.8 Å². The van der Waals surface area contributed by atoms with Gasteiger partial charge in [-0.15, -0.1) is 5.10 Å². The van der Waals surface area contributed by atoms with Crippen molar-refractivity contribution in [1.82, 2.24) is 25.2 Å². The highest BCUT2D eigenvalue weighted by Gasteiger charge is 2.31. The van der Waals surface area contributed by atoms with Gasteiger partial charge in [-0.1, -0.05) is 5.21 Å². The number of nitrogens with zero attached hydrogens (tertiary/aromatic N) is 4. The lowest BCUT2D eigenvalue weighted by molar-refractivity contribution is -0.127. The van der Waals surface area contributed by atoms with Crippen LogP contribution in [0.25, 0.3) is 0 Å². The van der Waals surface area contributed by atoms with E-state index in [-0.39, 0.29) is 17.5 Å². The topological polar surface area (TPSA) is 89.4 Å². The molecule has 1 unspecified atom stereocenters. The molecule has 0 aromatic carbocycles. The number of amides is 2. The zero-order valence-electron chi connectivity index (χ0n) is 11.0. The molecule has 104 valence electrons. The molecule has 0 spiro atoms. The normalized spacial score (nSPS) is 19.4. The van der Waals surface area contributed by atoms with Gasteiger partial charge in [0.05, 0.1) is 19.3 Å². The molecule has 0 aliphatic carbocycles. The highest BCUT2D eigenvalue weighted by Crippen LogP contribution is 2.09. The van der Waals surface area contributed by atoms with Crippen LogP contribution in [0.1, 0.15) is 17.4 Å². The van der Waals surface area contributed by atoms with Crippen LogP contribution in [0.4, 0.5) is 0 Å². The molecule has 0 bridgehead atoms. The van der Waals surface area contributed by atoms with Crippen LogP contribution in [0.2, 0.25) is 0 Å². The Balaban J connectivity index is 2.06. The van der Waals surface area contributed by atoms with Gasteiger partial charge < -0.3 is 15.0 Å². The summed E-state index contributed by atoms with van der Waals surface area (Å²) in [5.74, 6) is -0.419. The van der Waals surface area contributed by atoms with Gasteiger partial charge in [-0.3, -0.25) is 9.59 Å². The predicted molar refractivity (Wildman–Crippen MR) is 65.4 cm³/mol. The lowest BCUT2D eigenvalue weighted by atomic mass is 10.2. The van der Waals surface area contributed by atoms with E-state index in [0.717, 1.165) is 0 Å². The monoisotopic (exact) mass is 267 g/mol. The minimum atomic E-state index is -0.481. The maximum Gasteiger partial charge on any atom is 0.276 e. The predicted octanol–water partition coefficient (Wildman–Crippen LogP) is -1.11. The SMILES string of the molecule is COCCn1cc(C(=O)N2CCNC(=O)C2C)nn1. The fourth-order valence-corrected chi connectivity index (χ4v) is 1.90. The van der Waals surface area contributed by atoms with Crippen LogP contribution in [0.15, 0.2) is 6.20 Å². The maximum atomic E-state index is 12.2. The van der Waals surface area contributed by atoms with Gasteiger partial charge in [-0.2, -0.15) is 0 Å². The molecule has 0 saturated carbocycles. The first-order valence-corrected chi connectivity index (χ1v) is 6.11. The largest absolute Gasteiger partial charge is 0.383 e. The number of nitrogens with one attached hydrogen (secondary N) is 1. The molecule has 0 radical (unpaired) electrons. The third-order valence-electron chi connectivity index (χ3n) is 3.04. The second-order valence-electron chi connectivity index (χ2n) is 4.33. The van der Waals surface area contributed by atoms with E-state index in [1.807, 2.05) is 0 Å². The molecule has 1 aliphatic heterocycles. The molecule has 8 heteroatoms. The summed E-state index contributed by atoms with van der Waals surface area (Å²) < 4.78 is 6.47. The van der Waals surface area contributed by atoms with Crippen LogP contribution in [-0.4, -0.2) is 64.6 Å². The number of aromatic nitrogens is 3. The van der Waals surface area contributed by atoms with E-state index < -0.39 is 6.04 Å². The zero-order chi connectivity index (χ0) is 13.8. The van der Waals surface area contributed by atoms with Crippen molar-refractivity contribution in [2.45, 2.75) is 19.5 Å². The van der Waals surface area contributed by atoms with Crippen LogP contribution in [0, 0.1) is 0 Å². The summed E-state index contributed by atoms with van der Waals surface area (Å²) in [6.07, 6.45) is 1.57. The lowest BCUT2D eigenvalue weighted by Crippen LogP contribution is -2.55. The van der Waals surface area contributed by atoms with Crippen molar-refractivity contribution in [3.63, 3.8) is 0 Å². The molecule has 1 aliphatic rings. The number of hydrogen-bond donors (Lipinski definition) is 1. The Labute approximate surface area is 110 Å². The minimum absolute atomic E-state index is 0.147. The molecule has 2 rings (SSSR count). The number of piperazine rings is 1. The molecule has 2 heterocycles. The summed E-state index contributed by atoms with van der Waals surface area (Å²) in [6, 6.07) is -0.481. The fourth-order valence-electron chi connectivity index (χ4n) is 1.90. The maximum absolute atomic E-state index is 12.2. The Kier molecular flexibility index (Phi) is 4.10. The smallest absolute Gasteiger partial charge is 0.276 e.